The molecule has 0 saturated heterocycles. The van der Waals surface area contributed by atoms with Gasteiger partial charge in [-0.05, 0) is 56.5 Å². The maximum absolute atomic E-state index is 5.58. The van der Waals surface area contributed by atoms with Crippen molar-refractivity contribution < 1.29 is 4.74 Å². The predicted octanol–water partition coefficient (Wildman–Crippen LogP) is 4.27. The summed E-state index contributed by atoms with van der Waals surface area (Å²) in [5, 5.41) is 3.71. The zero-order valence-electron chi connectivity index (χ0n) is 13.0. The number of hydrogen-bond acceptors (Lipinski definition) is 3. The molecule has 0 bridgehead atoms. The van der Waals surface area contributed by atoms with Gasteiger partial charge in [0.25, 0.3) is 0 Å². The van der Waals surface area contributed by atoms with Gasteiger partial charge in [0, 0.05) is 28.3 Å². The summed E-state index contributed by atoms with van der Waals surface area (Å²) in [6, 6.07) is 11.9. The summed E-state index contributed by atoms with van der Waals surface area (Å²) in [4.78, 5) is 2.85. The molecule has 112 valence electrons. The minimum absolute atomic E-state index is 0.368. The molecule has 1 aliphatic heterocycles. The van der Waals surface area contributed by atoms with Crippen molar-refractivity contribution in [3.05, 3.63) is 51.2 Å². The third-order valence-corrected chi connectivity index (χ3v) is 5.07. The number of thiophene rings is 1. The van der Waals surface area contributed by atoms with Gasteiger partial charge in [-0.1, -0.05) is 12.1 Å². The number of benzene rings is 1. The highest BCUT2D eigenvalue weighted by Crippen LogP contribution is 2.28. The van der Waals surface area contributed by atoms with Crippen LogP contribution in [0, 0.1) is 6.92 Å². The molecule has 2 unspecified atom stereocenters. The molecule has 0 spiro atoms. The minimum Gasteiger partial charge on any atom is -0.493 e. The summed E-state index contributed by atoms with van der Waals surface area (Å²) in [6.07, 6.45) is 2.14. The fourth-order valence-corrected chi connectivity index (χ4v) is 3.97. The molecule has 0 fully saturated rings. The fraction of sp³-hybridized carbons (Fsp3) is 0.444. The van der Waals surface area contributed by atoms with Gasteiger partial charge in [-0.15, -0.1) is 11.3 Å². The first kappa shape index (κ1) is 14.6. The second-order valence-corrected chi connectivity index (χ2v) is 7.34. The van der Waals surface area contributed by atoms with Crippen LogP contribution in [0.2, 0.25) is 0 Å². The van der Waals surface area contributed by atoms with E-state index in [1.54, 1.807) is 0 Å². The van der Waals surface area contributed by atoms with Crippen LogP contribution >= 0.6 is 11.3 Å². The van der Waals surface area contributed by atoms with Crippen LogP contribution in [-0.2, 0) is 12.8 Å². The number of rotatable bonds is 5. The first-order chi connectivity index (χ1) is 10.1. The summed E-state index contributed by atoms with van der Waals surface area (Å²) >= 11 is 1.90. The largest absolute Gasteiger partial charge is 0.493 e. The zero-order valence-corrected chi connectivity index (χ0v) is 13.8. The molecule has 2 nitrogen and oxygen atoms in total. The highest BCUT2D eigenvalue weighted by Gasteiger charge is 2.16. The summed E-state index contributed by atoms with van der Waals surface area (Å²) in [5.74, 6) is 1.06. The summed E-state index contributed by atoms with van der Waals surface area (Å²) in [6.45, 7) is 7.51. The molecule has 21 heavy (non-hydrogen) atoms. The highest BCUT2D eigenvalue weighted by atomic mass is 32.1. The van der Waals surface area contributed by atoms with E-state index in [1.165, 1.54) is 20.9 Å². The van der Waals surface area contributed by atoms with Crippen molar-refractivity contribution in [3.63, 3.8) is 0 Å². The van der Waals surface area contributed by atoms with Crippen LogP contribution in [0.3, 0.4) is 0 Å². The number of aryl methyl sites for hydroxylation is 1. The van der Waals surface area contributed by atoms with E-state index >= 15 is 0 Å². The Morgan fingerprint density at radius 2 is 2.10 bits per heavy atom. The van der Waals surface area contributed by atoms with Gasteiger partial charge in [-0.25, -0.2) is 0 Å². The SMILES string of the molecule is Cc1ccc(CC(C)NC(C)c2ccc3c(c2)CCO3)s1. The highest BCUT2D eigenvalue weighted by molar-refractivity contribution is 7.11. The van der Waals surface area contributed by atoms with Crippen LogP contribution in [0.15, 0.2) is 30.3 Å². The Morgan fingerprint density at radius 3 is 2.86 bits per heavy atom. The molecule has 1 aliphatic rings. The first-order valence-electron chi connectivity index (χ1n) is 7.69. The Hall–Kier alpha value is -1.32. The van der Waals surface area contributed by atoms with E-state index in [0.29, 0.717) is 12.1 Å². The molecule has 1 N–H and O–H groups in total. The van der Waals surface area contributed by atoms with E-state index in [1.807, 2.05) is 11.3 Å². The van der Waals surface area contributed by atoms with Crippen LogP contribution in [0.25, 0.3) is 0 Å². The standard InChI is InChI=1S/C18H23NOS/c1-12(10-17-6-4-13(2)21-17)19-14(3)15-5-7-18-16(11-15)8-9-20-18/h4-7,11-12,14,19H,8-10H2,1-3H3. The lowest BCUT2D eigenvalue weighted by Crippen LogP contribution is -2.30. The Bertz CT molecular complexity index is 619. The van der Waals surface area contributed by atoms with Crippen LogP contribution < -0.4 is 10.1 Å². The van der Waals surface area contributed by atoms with E-state index in [2.05, 4.69) is 56.4 Å². The van der Waals surface area contributed by atoms with Gasteiger partial charge >= 0.3 is 0 Å². The molecule has 0 aliphatic carbocycles. The monoisotopic (exact) mass is 301 g/mol. The topological polar surface area (TPSA) is 21.3 Å². The lowest BCUT2D eigenvalue weighted by Gasteiger charge is -2.20. The van der Waals surface area contributed by atoms with Gasteiger partial charge < -0.3 is 10.1 Å². The molecular weight excluding hydrogens is 278 g/mol. The average Bonchev–Trinajstić information content (AvgIpc) is 3.06. The molecule has 0 saturated carbocycles. The van der Waals surface area contributed by atoms with Crippen molar-refractivity contribution in [2.45, 2.75) is 45.7 Å². The second kappa shape index (κ2) is 6.20. The van der Waals surface area contributed by atoms with Crippen molar-refractivity contribution in [2.75, 3.05) is 6.61 Å². The van der Waals surface area contributed by atoms with Crippen LogP contribution in [0.5, 0.6) is 5.75 Å². The lowest BCUT2D eigenvalue weighted by atomic mass is 10.0. The van der Waals surface area contributed by atoms with Gasteiger partial charge in [-0.2, -0.15) is 0 Å². The third-order valence-electron chi connectivity index (χ3n) is 4.05. The van der Waals surface area contributed by atoms with Gasteiger partial charge in [0.1, 0.15) is 5.75 Å². The Balaban J connectivity index is 1.61. The van der Waals surface area contributed by atoms with Gasteiger partial charge in [0.15, 0.2) is 0 Å². The predicted molar refractivity (Wildman–Crippen MR) is 89.4 cm³/mol. The molecule has 1 aromatic carbocycles. The van der Waals surface area contributed by atoms with Crippen molar-refractivity contribution in [2.24, 2.45) is 0 Å². The van der Waals surface area contributed by atoms with Gasteiger partial charge in [0.05, 0.1) is 6.61 Å². The number of nitrogens with one attached hydrogen (secondary N) is 1. The van der Waals surface area contributed by atoms with E-state index in [9.17, 15) is 0 Å². The molecule has 3 heteroatoms. The molecule has 0 amide bonds. The second-order valence-electron chi connectivity index (χ2n) is 5.97. The smallest absolute Gasteiger partial charge is 0.122 e. The van der Waals surface area contributed by atoms with Gasteiger partial charge in [0.2, 0.25) is 0 Å². The molecule has 1 aromatic heterocycles. The van der Waals surface area contributed by atoms with E-state index in [4.69, 9.17) is 4.74 Å². The fourth-order valence-electron chi connectivity index (χ4n) is 2.95. The van der Waals surface area contributed by atoms with Crippen molar-refractivity contribution in [1.82, 2.24) is 5.32 Å². The normalized spacial score (nSPS) is 16.3. The number of ether oxygens (including phenoxy) is 1. The quantitative estimate of drug-likeness (QED) is 0.890. The van der Waals surface area contributed by atoms with E-state index in [-0.39, 0.29) is 0 Å². The molecule has 3 rings (SSSR count). The van der Waals surface area contributed by atoms with Crippen molar-refractivity contribution in [1.29, 1.82) is 0 Å². The van der Waals surface area contributed by atoms with Crippen LogP contribution in [-0.4, -0.2) is 12.6 Å². The molecule has 2 atom stereocenters. The summed E-state index contributed by atoms with van der Waals surface area (Å²) < 4.78 is 5.58. The van der Waals surface area contributed by atoms with E-state index < -0.39 is 0 Å². The number of hydrogen-bond donors (Lipinski definition) is 1. The first-order valence-corrected chi connectivity index (χ1v) is 8.50. The van der Waals surface area contributed by atoms with E-state index in [0.717, 1.165) is 25.2 Å². The van der Waals surface area contributed by atoms with Crippen molar-refractivity contribution >= 4 is 11.3 Å². The molecule has 2 heterocycles. The maximum Gasteiger partial charge on any atom is 0.122 e. The number of fused-ring (bicyclic) bond motifs is 1. The maximum atomic E-state index is 5.58. The van der Waals surface area contributed by atoms with Gasteiger partial charge in [-0.3, -0.25) is 0 Å². The van der Waals surface area contributed by atoms with Crippen LogP contribution in [0.1, 0.15) is 40.8 Å². The molecule has 0 radical (unpaired) electrons. The Morgan fingerprint density at radius 1 is 1.24 bits per heavy atom. The Labute approximate surface area is 131 Å². The summed E-state index contributed by atoms with van der Waals surface area (Å²) in [5.41, 5.74) is 2.70. The lowest BCUT2D eigenvalue weighted by molar-refractivity contribution is 0.356. The van der Waals surface area contributed by atoms with Crippen LogP contribution in [0.4, 0.5) is 0 Å². The van der Waals surface area contributed by atoms with Crippen molar-refractivity contribution in [3.8, 4) is 5.75 Å². The average molecular weight is 301 g/mol. The summed E-state index contributed by atoms with van der Waals surface area (Å²) in [7, 11) is 0. The zero-order chi connectivity index (χ0) is 14.8. The minimum atomic E-state index is 0.368. The Kier molecular flexibility index (Phi) is 4.32. The molecular formula is C18H23NOS. The third kappa shape index (κ3) is 3.47. The molecule has 2 aromatic rings.